The highest BCUT2D eigenvalue weighted by Crippen LogP contribution is 2.14. The minimum atomic E-state index is -0.160. The van der Waals surface area contributed by atoms with Gasteiger partial charge in [0.25, 0.3) is 5.91 Å². The average Bonchev–Trinajstić information content (AvgIpc) is 2.49. The molecule has 1 unspecified atom stereocenters. The first kappa shape index (κ1) is 14.8. The maximum absolute atomic E-state index is 11.7. The topological polar surface area (TPSA) is 63.2 Å². The Hall–Kier alpha value is -1.62. The third-order valence-corrected chi connectivity index (χ3v) is 3.45. The van der Waals surface area contributed by atoms with Crippen molar-refractivity contribution in [2.24, 2.45) is 0 Å². The summed E-state index contributed by atoms with van der Waals surface area (Å²) < 4.78 is 5.72. The van der Waals surface area contributed by atoms with E-state index in [1.54, 1.807) is 18.3 Å². The van der Waals surface area contributed by atoms with Crippen LogP contribution >= 0.6 is 0 Å². The zero-order valence-corrected chi connectivity index (χ0v) is 12.0. The number of aromatic nitrogens is 1. The Morgan fingerprint density at radius 3 is 3.20 bits per heavy atom. The van der Waals surface area contributed by atoms with Gasteiger partial charge in [-0.3, -0.25) is 9.78 Å². The maximum atomic E-state index is 11.7. The molecule has 1 aliphatic heterocycles. The lowest BCUT2D eigenvalue weighted by Gasteiger charge is -2.23. The SMILES string of the molecule is CCNC(=O)c1cc(OCCC2CCCCN2)ccn1. The number of hydrogen-bond donors (Lipinski definition) is 2. The zero-order chi connectivity index (χ0) is 14.2. The Labute approximate surface area is 120 Å². The van der Waals surface area contributed by atoms with Crippen molar-refractivity contribution in [1.82, 2.24) is 15.6 Å². The molecule has 1 aromatic heterocycles. The Morgan fingerprint density at radius 2 is 2.45 bits per heavy atom. The van der Waals surface area contributed by atoms with E-state index in [1.165, 1.54) is 19.3 Å². The fraction of sp³-hybridized carbons (Fsp3) is 0.600. The van der Waals surface area contributed by atoms with E-state index in [0.717, 1.165) is 13.0 Å². The van der Waals surface area contributed by atoms with Crippen molar-refractivity contribution in [3.05, 3.63) is 24.0 Å². The van der Waals surface area contributed by atoms with Crippen molar-refractivity contribution in [3.63, 3.8) is 0 Å². The van der Waals surface area contributed by atoms with Gasteiger partial charge in [0, 0.05) is 24.8 Å². The molecule has 0 bridgehead atoms. The number of ether oxygens (including phenoxy) is 1. The Kier molecular flexibility index (Phi) is 5.80. The second-order valence-electron chi connectivity index (χ2n) is 5.02. The summed E-state index contributed by atoms with van der Waals surface area (Å²) in [6.07, 6.45) is 6.41. The van der Waals surface area contributed by atoms with Crippen LogP contribution in [0, 0.1) is 0 Å². The molecule has 2 rings (SSSR count). The highest BCUT2D eigenvalue weighted by Gasteiger charge is 2.12. The van der Waals surface area contributed by atoms with Crippen LogP contribution in [0.5, 0.6) is 5.75 Å². The summed E-state index contributed by atoms with van der Waals surface area (Å²) in [5, 5.41) is 6.23. The zero-order valence-electron chi connectivity index (χ0n) is 12.0. The van der Waals surface area contributed by atoms with Crippen molar-refractivity contribution >= 4 is 5.91 Å². The van der Waals surface area contributed by atoms with E-state index >= 15 is 0 Å². The van der Waals surface area contributed by atoms with Crippen molar-refractivity contribution < 1.29 is 9.53 Å². The molecule has 5 nitrogen and oxygen atoms in total. The molecule has 0 radical (unpaired) electrons. The number of nitrogens with zero attached hydrogens (tertiary/aromatic N) is 1. The normalized spacial score (nSPS) is 18.6. The van der Waals surface area contributed by atoms with Crippen molar-refractivity contribution in [1.29, 1.82) is 0 Å². The van der Waals surface area contributed by atoms with Crippen LogP contribution in [0.15, 0.2) is 18.3 Å². The molecule has 2 heterocycles. The summed E-state index contributed by atoms with van der Waals surface area (Å²) in [4.78, 5) is 15.7. The van der Waals surface area contributed by atoms with Gasteiger partial charge in [-0.1, -0.05) is 6.42 Å². The summed E-state index contributed by atoms with van der Waals surface area (Å²) in [5.41, 5.74) is 0.403. The third kappa shape index (κ3) is 4.49. The fourth-order valence-corrected chi connectivity index (χ4v) is 2.37. The number of pyridine rings is 1. The molecule has 1 saturated heterocycles. The quantitative estimate of drug-likeness (QED) is 0.831. The van der Waals surface area contributed by atoms with Crippen LogP contribution in [-0.2, 0) is 0 Å². The van der Waals surface area contributed by atoms with E-state index in [4.69, 9.17) is 4.74 Å². The largest absolute Gasteiger partial charge is 0.493 e. The van der Waals surface area contributed by atoms with Crippen molar-refractivity contribution in [2.75, 3.05) is 19.7 Å². The fourth-order valence-electron chi connectivity index (χ4n) is 2.37. The number of carbonyl (C=O) groups excluding carboxylic acids is 1. The molecule has 20 heavy (non-hydrogen) atoms. The van der Waals surface area contributed by atoms with Crippen LogP contribution in [0.4, 0.5) is 0 Å². The maximum Gasteiger partial charge on any atom is 0.270 e. The molecule has 0 spiro atoms. The van der Waals surface area contributed by atoms with Gasteiger partial charge in [-0.05, 0) is 38.8 Å². The monoisotopic (exact) mass is 277 g/mol. The van der Waals surface area contributed by atoms with Crippen LogP contribution in [0.3, 0.4) is 0 Å². The minimum absolute atomic E-state index is 0.160. The van der Waals surface area contributed by atoms with Gasteiger partial charge in [0.2, 0.25) is 0 Å². The van der Waals surface area contributed by atoms with Gasteiger partial charge in [-0.2, -0.15) is 0 Å². The highest BCUT2D eigenvalue weighted by molar-refractivity contribution is 5.92. The van der Waals surface area contributed by atoms with Crippen LogP contribution in [-0.4, -0.2) is 36.6 Å². The highest BCUT2D eigenvalue weighted by atomic mass is 16.5. The molecule has 0 aromatic carbocycles. The molecule has 2 N–H and O–H groups in total. The number of rotatable bonds is 6. The first-order chi connectivity index (χ1) is 9.79. The Bertz CT molecular complexity index is 431. The van der Waals surface area contributed by atoms with E-state index in [9.17, 15) is 4.79 Å². The molecule has 1 atom stereocenters. The Morgan fingerprint density at radius 1 is 1.55 bits per heavy atom. The van der Waals surface area contributed by atoms with Gasteiger partial charge in [0.1, 0.15) is 11.4 Å². The van der Waals surface area contributed by atoms with Gasteiger partial charge in [0.15, 0.2) is 0 Å². The smallest absolute Gasteiger partial charge is 0.270 e. The van der Waals surface area contributed by atoms with Gasteiger partial charge in [0.05, 0.1) is 6.61 Å². The molecule has 0 aliphatic carbocycles. The molecule has 1 fully saturated rings. The molecule has 0 saturated carbocycles. The van der Waals surface area contributed by atoms with Gasteiger partial charge < -0.3 is 15.4 Å². The molecule has 1 amide bonds. The number of carbonyl (C=O) groups is 1. The van der Waals surface area contributed by atoms with Crippen LogP contribution in [0.25, 0.3) is 0 Å². The molecule has 1 aliphatic rings. The third-order valence-electron chi connectivity index (χ3n) is 3.45. The van der Waals surface area contributed by atoms with E-state index < -0.39 is 0 Å². The average molecular weight is 277 g/mol. The molecule has 1 aromatic rings. The molecular weight excluding hydrogens is 254 g/mol. The first-order valence-electron chi connectivity index (χ1n) is 7.40. The summed E-state index contributed by atoms with van der Waals surface area (Å²) >= 11 is 0. The standard InChI is InChI=1S/C15H23N3O2/c1-2-16-15(19)14-11-13(6-9-18-14)20-10-7-12-5-3-4-8-17-12/h6,9,11-12,17H,2-5,7-8,10H2,1H3,(H,16,19). The summed E-state index contributed by atoms with van der Waals surface area (Å²) in [6.45, 7) is 4.26. The number of amides is 1. The number of nitrogens with one attached hydrogen (secondary N) is 2. The summed E-state index contributed by atoms with van der Waals surface area (Å²) in [5.74, 6) is 0.545. The van der Waals surface area contributed by atoms with Gasteiger partial charge in [-0.25, -0.2) is 0 Å². The lowest BCUT2D eigenvalue weighted by molar-refractivity contribution is 0.0950. The number of piperidine rings is 1. The van der Waals surface area contributed by atoms with Gasteiger partial charge in [-0.15, -0.1) is 0 Å². The minimum Gasteiger partial charge on any atom is -0.493 e. The van der Waals surface area contributed by atoms with E-state index in [2.05, 4.69) is 15.6 Å². The summed E-state index contributed by atoms with van der Waals surface area (Å²) in [7, 11) is 0. The van der Waals surface area contributed by atoms with Crippen LogP contribution < -0.4 is 15.4 Å². The van der Waals surface area contributed by atoms with Gasteiger partial charge >= 0.3 is 0 Å². The van der Waals surface area contributed by atoms with E-state index in [1.807, 2.05) is 6.92 Å². The lowest BCUT2D eigenvalue weighted by Crippen LogP contribution is -2.35. The Balaban J connectivity index is 1.80. The first-order valence-corrected chi connectivity index (χ1v) is 7.40. The number of hydrogen-bond acceptors (Lipinski definition) is 4. The molecular formula is C15H23N3O2. The van der Waals surface area contributed by atoms with Crippen molar-refractivity contribution in [2.45, 2.75) is 38.6 Å². The second-order valence-corrected chi connectivity index (χ2v) is 5.02. The summed E-state index contributed by atoms with van der Waals surface area (Å²) in [6, 6.07) is 4.05. The van der Waals surface area contributed by atoms with Crippen molar-refractivity contribution in [3.8, 4) is 5.75 Å². The molecule has 5 heteroatoms. The predicted octanol–water partition coefficient (Wildman–Crippen LogP) is 1.74. The molecule has 110 valence electrons. The lowest BCUT2D eigenvalue weighted by atomic mass is 10.0. The van der Waals surface area contributed by atoms with Crippen LogP contribution in [0.1, 0.15) is 43.1 Å². The van der Waals surface area contributed by atoms with E-state index in [0.29, 0.717) is 30.6 Å². The van der Waals surface area contributed by atoms with Crippen LogP contribution in [0.2, 0.25) is 0 Å². The van der Waals surface area contributed by atoms with E-state index in [-0.39, 0.29) is 5.91 Å². The second kappa shape index (κ2) is 7.85. The predicted molar refractivity (Wildman–Crippen MR) is 78.0 cm³/mol.